The van der Waals surface area contributed by atoms with Crippen molar-refractivity contribution >= 4 is 35.7 Å². The van der Waals surface area contributed by atoms with Crippen molar-refractivity contribution in [2.24, 2.45) is 17.8 Å². The van der Waals surface area contributed by atoms with Gasteiger partial charge in [0.25, 0.3) is 0 Å². The Balaban J connectivity index is 4.52. The zero-order valence-electron chi connectivity index (χ0n) is 26.8. The van der Waals surface area contributed by atoms with Crippen molar-refractivity contribution in [3.05, 3.63) is 11.6 Å². The van der Waals surface area contributed by atoms with E-state index >= 15 is 0 Å². The van der Waals surface area contributed by atoms with E-state index in [0.717, 1.165) is 35.5 Å². The molecule has 0 heterocycles. The molecule has 0 aliphatic carbocycles. The van der Waals surface area contributed by atoms with Crippen LogP contribution in [0.2, 0.25) is 0 Å². The first kappa shape index (κ1) is 38.8. The predicted molar refractivity (Wildman–Crippen MR) is 166 cm³/mol. The molecular formula is C31H56N2O7S. The van der Waals surface area contributed by atoms with E-state index in [1.54, 1.807) is 0 Å². The fourth-order valence-corrected chi connectivity index (χ4v) is 5.38. The molecule has 238 valence electrons. The summed E-state index contributed by atoms with van der Waals surface area (Å²) >= 11 is 1.49. The number of rotatable bonds is 22. The van der Waals surface area contributed by atoms with Crippen LogP contribution in [0.5, 0.6) is 0 Å². The fraction of sp³-hybridized carbons (Fsp3) is 0.806. The minimum absolute atomic E-state index is 0.277. The van der Waals surface area contributed by atoms with Crippen molar-refractivity contribution in [2.45, 2.75) is 98.4 Å². The summed E-state index contributed by atoms with van der Waals surface area (Å²) in [4.78, 5) is 49.3. The van der Waals surface area contributed by atoms with E-state index in [4.69, 9.17) is 4.74 Å². The van der Waals surface area contributed by atoms with Gasteiger partial charge in [0.15, 0.2) is 0 Å². The molecule has 0 aromatic heterocycles. The SMILES string of the molecule is COC(=O)CN(CC(=O)OC)C(=O)NC(CSC/C=C(\C)CCCC(C)CCCC(C)CCCC(C)C)C(=O)OC. The van der Waals surface area contributed by atoms with E-state index in [9.17, 15) is 19.2 Å². The Bertz CT molecular complexity index is 785. The van der Waals surface area contributed by atoms with E-state index in [1.165, 1.54) is 83.6 Å². The molecule has 0 radical (unpaired) electrons. The van der Waals surface area contributed by atoms with Crippen molar-refractivity contribution in [3.8, 4) is 0 Å². The number of allylic oxidation sites excluding steroid dienone is 1. The normalized spacial score (nSPS) is 13.7. The number of carbonyl (C=O) groups excluding carboxylic acids is 4. The highest BCUT2D eigenvalue weighted by Gasteiger charge is 2.27. The molecule has 0 rings (SSSR count). The molecular weight excluding hydrogens is 544 g/mol. The number of methoxy groups -OCH3 is 3. The smallest absolute Gasteiger partial charge is 0.329 e. The minimum Gasteiger partial charge on any atom is -0.468 e. The average molecular weight is 601 g/mol. The van der Waals surface area contributed by atoms with E-state index in [2.05, 4.69) is 55.5 Å². The number of amides is 2. The van der Waals surface area contributed by atoms with Crippen LogP contribution in [0.15, 0.2) is 11.6 Å². The Hall–Kier alpha value is -2.23. The fourth-order valence-electron chi connectivity index (χ4n) is 4.39. The molecule has 41 heavy (non-hydrogen) atoms. The quantitative estimate of drug-likeness (QED) is 0.0697. The molecule has 0 fully saturated rings. The van der Waals surface area contributed by atoms with Crippen LogP contribution in [0.25, 0.3) is 0 Å². The third-order valence-electron chi connectivity index (χ3n) is 7.14. The molecule has 10 heteroatoms. The van der Waals surface area contributed by atoms with Gasteiger partial charge in [0.1, 0.15) is 19.1 Å². The summed E-state index contributed by atoms with van der Waals surface area (Å²) in [5.74, 6) is 1.32. The molecule has 0 aromatic rings. The maximum atomic E-state index is 12.7. The Morgan fingerprint density at radius 2 is 1.29 bits per heavy atom. The van der Waals surface area contributed by atoms with Gasteiger partial charge in [0.2, 0.25) is 0 Å². The number of esters is 3. The van der Waals surface area contributed by atoms with Crippen molar-refractivity contribution < 1.29 is 33.4 Å². The number of carbonyl (C=O) groups is 4. The van der Waals surface area contributed by atoms with Gasteiger partial charge in [-0.2, -0.15) is 11.8 Å². The molecule has 3 atom stereocenters. The van der Waals surface area contributed by atoms with Crippen LogP contribution in [0.1, 0.15) is 92.4 Å². The molecule has 0 saturated carbocycles. The van der Waals surface area contributed by atoms with Crippen LogP contribution in [-0.4, -0.2) is 80.8 Å². The maximum Gasteiger partial charge on any atom is 0.329 e. The Morgan fingerprint density at radius 1 is 0.780 bits per heavy atom. The second-order valence-corrected chi connectivity index (χ2v) is 12.6. The van der Waals surface area contributed by atoms with Crippen LogP contribution >= 0.6 is 11.8 Å². The number of thioether (sulfide) groups is 1. The lowest BCUT2D eigenvalue weighted by Gasteiger charge is -2.23. The summed E-state index contributed by atoms with van der Waals surface area (Å²) in [5, 5.41) is 2.55. The van der Waals surface area contributed by atoms with Crippen LogP contribution in [0, 0.1) is 17.8 Å². The van der Waals surface area contributed by atoms with Crippen LogP contribution in [0.3, 0.4) is 0 Å². The molecule has 0 bridgehead atoms. The van der Waals surface area contributed by atoms with Gasteiger partial charge in [-0.05, 0) is 37.5 Å². The Morgan fingerprint density at radius 3 is 1.78 bits per heavy atom. The Labute approximate surface area is 252 Å². The number of nitrogens with zero attached hydrogens (tertiary/aromatic N) is 1. The van der Waals surface area contributed by atoms with Crippen molar-refractivity contribution in [1.82, 2.24) is 10.2 Å². The molecule has 9 nitrogen and oxygen atoms in total. The number of nitrogens with one attached hydrogen (secondary N) is 1. The first-order chi connectivity index (χ1) is 19.4. The van der Waals surface area contributed by atoms with Crippen LogP contribution in [0.4, 0.5) is 4.79 Å². The molecule has 0 aromatic carbocycles. The van der Waals surface area contributed by atoms with Crippen molar-refractivity contribution in [3.63, 3.8) is 0 Å². The second kappa shape index (κ2) is 23.3. The number of urea groups is 1. The zero-order valence-corrected chi connectivity index (χ0v) is 27.6. The predicted octanol–water partition coefficient (Wildman–Crippen LogP) is 6.00. The lowest BCUT2D eigenvalue weighted by molar-refractivity contribution is -0.144. The van der Waals surface area contributed by atoms with E-state index < -0.39 is 43.1 Å². The van der Waals surface area contributed by atoms with E-state index in [0.29, 0.717) is 5.75 Å². The van der Waals surface area contributed by atoms with Gasteiger partial charge >= 0.3 is 23.9 Å². The van der Waals surface area contributed by atoms with E-state index in [1.807, 2.05) is 0 Å². The van der Waals surface area contributed by atoms with Gasteiger partial charge in [-0.1, -0.05) is 84.3 Å². The highest BCUT2D eigenvalue weighted by atomic mass is 32.2. The Kier molecular flexibility index (Phi) is 22.1. The van der Waals surface area contributed by atoms with Gasteiger partial charge in [-0.3, -0.25) is 9.59 Å². The zero-order chi connectivity index (χ0) is 31.2. The topological polar surface area (TPSA) is 111 Å². The first-order valence-corrected chi connectivity index (χ1v) is 16.1. The monoisotopic (exact) mass is 600 g/mol. The van der Waals surface area contributed by atoms with Crippen molar-refractivity contribution in [2.75, 3.05) is 45.9 Å². The molecule has 3 unspecified atom stereocenters. The minimum atomic E-state index is -0.942. The highest BCUT2D eigenvalue weighted by molar-refractivity contribution is 7.99. The molecule has 0 saturated heterocycles. The van der Waals surface area contributed by atoms with Gasteiger partial charge in [0.05, 0.1) is 21.3 Å². The molecule has 0 aliphatic rings. The van der Waals surface area contributed by atoms with Gasteiger partial charge in [0, 0.05) is 11.5 Å². The molecule has 2 amide bonds. The summed E-state index contributed by atoms with van der Waals surface area (Å²) in [6.45, 7) is 10.6. The van der Waals surface area contributed by atoms with E-state index in [-0.39, 0.29) is 5.75 Å². The standard InChI is InChI=1S/C31H56N2O7S/c1-23(2)12-9-13-24(3)14-10-15-25(4)16-11-17-26(5)18-19-41-22-27(30(36)40-8)32-31(37)33(20-28(34)38-6)21-29(35)39-7/h18,23-25,27H,9-17,19-22H2,1-8H3,(H,32,37)/b26-18+. The third kappa shape index (κ3) is 20.3. The lowest BCUT2D eigenvalue weighted by Crippen LogP contribution is -2.52. The van der Waals surface area contributed by atoms with Crippen LogP contribution in [-0.2, 0) is 28.6 Å². The average Bonchev–Trinajstić information content (AvgIpc) is 2.93. The number of hydrogen-bond donors (Lipinski definition) is 1. The largest absolute Gasteiger partial charge is 0.468 e. The lowest BCUT2D eigenvalue weighted by atomic mass is 9.91. The van der Waals surface area contributed by atoms with Gasteiger partial charge in [-0.15, -0.1) is 0 Å². The first-order valence-electron chi connectivity index (χ1n) is 14.9. The summed E-state index contributed by atoms with van der Waals surface area (Å²) in [5.41, 5.74) is 1.31. The summed E-state index contributed by atoms with van der Waals surface area (Å²) in [7, 11) is 3.60. The highest BCUT2D eigenvalue weighted by Crippen LogP contribution is 2.22. The summed E-state index contributed by atoms with van der Waals surface area (Å²) in [6.07, 6.45) is 13.6. The second-order valence-electron chi connectivity index (χ2n) is 11.5. The summed E-state index contributed by atoms with van der Waals surface area (Å²) in [6, 6.07) is -1.71. The van der Waals surface area contributed by atoms with Gasteiger partial charge in [-0.25, -0.2) is 9.59 Å². The molecule has 0 spiro atoms. The van der Waals surface area contributed by atoms with Gasteiger partial charge < -0.3 is 24.4 Å². The third-order valence-corrected chi connectivity index (χ3v) is 8.11. The summed E-state index contributed by atoms with van der Waals surface area (Å²) < 4.78 is 14.0. The maximum absolute atomic E-state index is 12.7. The molecule has 0 aliphatic heterocycles. The number of ether oxygens (including phenoxy) is 3. The molecule has 1 N–H and O–H groups in total. The van der Waals surface area contributed by atoms with Crippen molar-refractivity contribution in [1.29, 1.82) is 0 Å². The van der Waals surface area contributed by atoms with Crippen LogP contribution < -0.4 is 5.32 Å². The number of hydrogen-bond acceptors (Lipinski definition) is 8.